The van der Waals surface area contributed by atoms with Gasteiger partial charge < -0.3 is 15.4 Å². The van der Waals surface area contributed by atoms with Crippen molar-refractivity contribution in [2.24, 2.45) is 5.41 Å². The standard InChI is InChI=1S/C18H26N2O/c1-17(2)7-9-18(21,10-8-17)13-19-11-14-12-20-16-6-4-3-5-15(14)16/h3-6,12,19-21H,7-11,13H2,1-2H3. The Morgan fingerprint density at radius 1 is 1.14 bits per heavy atom. The highest BCUT2D eigenvalue weighted by Gasteiger charge is 2.36. The van der Waals surface area contributed by atoms with Gasteiger partial charge in [-0.15, -0.1) is 0 Å². The number of aromatic nitrogens is 1. The topological polar surface area (TPSA) is 48.0 Å². The number of hydrogen-bond donors (Lipinski definition) is 3. The van der Waals surface area contributed by atoms with Crippen LogP contribution in [0.4, 0.5) is 0 Å². The van der Waals surface area contributed by atoms with Crippen molar-refractivity contribution in [1.82, 2.24) is 10.3 Å². The highest BCUT2D eigenvalue weighted by Crippen LogP contribution is 2.39. The van der Waals surface area contributed by atoms with E-state index in [-0.39, 0.29) is 0 Å². The Balaban J connectivity index is 1.57. The van der Waals surface area contributed by atoms with Crippen molar-refractivity contribution in [2.75, 3.05) is 6.54 Å². The number of H-pyrrole nitrogens is 1. The van der Waals surface area contributed by atoms with Crippen LogP contribution in [0.25, 0.3) is 10.9 Å². The molecule has 3 heteroatoms. The Morgan fingerprint density at radius 3 is 2.62 bits per heavy atom. The van der Waals surface area contributed by atoms with E-state index in [4.69, 9.17) is 0 Å². The van der Waals surface area contributed by atoms with Gasteiger partial charge in [0.1, 0.15) is 0 Å². The number of fused-ring (bicyclic) bond motifs is 1. The maximum Gasteiger partial charge on any atom is 0.0772 e. The Kier molecular flexibility index (Phi) is 3.80. The summed E-state index contributed by atoms with van der Waals surface area (Å²) in [6.07, 6.45) is 6.09. The van der Waals surface area contributed by atoms with Gasteiger partial charge in [-0.3, -0.25) is 0 Å². The third kappa shape index (κ3) is 3.30. The average Bonchev–Trinajstić information content (AvgIpc) is 2.87. The molecule has 1 aliphatic carbocycles. The van der Waals surface area contributed by atoms with Gasteiger partial charge in [0.2, 0.25) is 0 Å². The van der Waals surface area contributed by atoms with Crippen LogP contribution in [0.5, 0.6) is 0 Å². The Hall–Kier alpha value is -1.32. The van der Waals surface area contributed by atoms with Crippen LogP contribution in [-0.4, -0.2) is 22.2 Å². The van der Waals surface area contributed by atoms with Crippen molar-refractivity contribution in [1.29, 1.82) is 0 Å². The van der Waals surface area contributed by atoms with Crippen LogP contribution in [0.1, 0.15) is 45.1 Å². The van der Waals surface area contributed by atoms with Gasteiger partial charge in [0.25, 0.3) is 0 Å². The van der Waals surface area contributed by atoms with Crippen LogP contribution in [0.3, 0.4) is 0 Å². The summed E-state index contributed by atoms with van der Waals surface area (Å²) in [5.41, 5.74) is 2.31. The number of nitrogens with one attached hydrogen (secondary N) is 2. The fourth-order valence-electron chi connectivity index (χ4n) is 3.28. The molecule has 0 atom stereocenters. The number of para-hydroxylation sites is 1. The van der Waals surface area contributed by atoms with Crippen molar-refractivity contribution in [2.45, 2.75) is 51.7 Å². The quantitative estimate of drug-likeness (QED) is 0.804. The zero-order chi connectivity index (χ0) is 14.9. The van der Waals surface area contributed by atoms with Crippen molar-refractivity contribution in [3.8, 4) is 0 Å². The summed E-state index contributed by atoms with van der Waals surface area (Å²) in [6, 6.07) is 8.34. The van der Waals surface area contributed by atoms with Crippen LogP contribution >= 0.6 is 0 Å². The molecule has 1 heterocycles. The molecular formula is C18H26N2O. The van der Waals surface area contributed by atoms with Crippen LogP contribution in [0.2, 0.25) is 0 Å². The van der Waals surface area contributed by atoms with Crippen molar-refractivity contribution in [3.05, 3.63) is 36.0 Å². The second-order valence-electron chi connectivity index (χ2n) is 7.35. The summed E-state index contributed by atoms with van der Waals surface area (Å²) >= 11 is 0. The van der Waals surface area contributed by atoms with Gasteiger partial charge in [0.05, 0.1) is 5.60 Å². The smallest absolute Gasteiger partial charge is 0.0772 e. The van der Waals surface area contributed by atoms with Crippen LogP contribution in [0, 0.1) is 5.41 Å². The fraction of sp³-hybridized carbons (Fsp3) is 0.556. The minimum Gasteiger partial charge on any atom is -0.389 e. The zero-order valence-corrected chi connectivity index (χ0v) is 13.1. The fourth-order valence-corrected chi connectivity index (χ4v) is 3.28. The second-order valence-corrected chi connectivity index (χ2v) is 7.35. The Labute approximate surface area is 126 Å². The number of hydrogen-bond acceptors (Lipinski definition) is 2. The van der Waals surface area contributed by atoms with E-state index in [0.717, 1.165) is 32.2 Å². The lowest BCUT2D eigenvalue weighted by Gasteiger charge is -2.40. The van der Waals surface area contributed by atoms with Gasteiger partial charge in [0, 0.05) is 30.2 Å². The highest BCUT2D eigenvalue weighted by atomic mass is 16.3. The van der Waals surface area contributed by atoms with Gasteiger partial charge in [0.15, 0.2) is 0 Å². The Bertz CT molecular complexity index is 604. The third-order valence-electron chi connectivity index (χ3n) is 4.98. The molecule has 0 amide bonds. The molecule has 3 N–H and O–H groups in total. The number of aromatic amines is 1. The lowest BCUT2D eigenvalue weighted by Crippen LogP contribution is -2.44. The van der Waals surface area contributed by atoms with Gasteiger partial charge in [-0.2, -0.15) is 0 Å². The van der Waals surface area contributed by atoms with E-state index in [0.29, 0.717) is 12.0 Å². The largest absolute Gasteiger partial charge is 0.389 e. The van der Waals surface area contributed by atoms with Crippen molar-refractivity contribution >= 4 is 10.9 Å². The molecule has 1 aromatic carbocycles. The molecule has 0 radical (unpaired) electrons. The summed E-state index contributed by atoms with van der Waals surface area (Å²) in [5.74, 6) is 0. The molecule has 21 heavy (non-hydrogen) atoms. The predicted octanol–water partition coefficient (Wildman–Crippen LogP) is 3.59. The molecular weight excluding hydrogens is 260 g/mol. The highest BCUT2D eigenvalue weighted by molar-refractivity contribution is 5.82. The van der Waals surface area contributed by atoms with E-state index in [1.54, 1.807) is 0 Å². The molecule has 2 aromatic rings. The van der Waals surface area contributed by atoms with E-state index in [1.807, 2.05) is 6.07 Å². The third-order valence-corrected chi connectivity index (χ3v) is 4.98. The molecule has 1 aromatic heterocycles. The molecule has 0 unspecified atom stereocenters. The molecule has 1 fully saturated rings. The van der Waals surface area contributed by atoms with Gasteiger partial charge >= 0.3 is 0 Å². The van der Waals surface area contributed by atoms with E-state index in [2.05, 4.69) is 48.5 Å². The van der Waals surface area contributed by atoms with E-state index in [9.17, 15) is 5.11 Å². The minimum absolute atomic E-state index is 0.392. The summed E-state index contributed by atoms with van der Waals surface area (Å²) in [4.78, 5) is 3.29. The normalized spacial score (nSPS) is 20.7. The first-order valence-electron chi connectivity index (χ1n) is 7.96. The summed E-state index contributed by atoms with van der Waals surface area (Å²) in [5, 5.41) is 15.4. The van der Waals surface area contributed by atoms with Crippen molar-refractivity contribution in [3.63, 3.8) is 0 Å². The molecule has 1 saturated carbocycles. The van der Waals surface area contributed by atoms with Crippen LogP contribution in [0.15, 0.2) is 30.5 Å². The molecule has 3 rings (SSSR count). The van der Waals surface area contributed by atoms with Crippen LogP contribution in [-0.2, 0) is 6.54 Å². The van der Waals surface area contributed by atoms with Crippen LogP contribution < -0.4 is 5.32 Å². The number of rotatable bonds is 4. The van der Waals surface area contributed by atoms with E-state index in [1.165, 1.54) is 16.5 Å². The monoisotopic (exact) mass is 286 g/mol. The van der Waals surface area contributed by atoms with Gasteiger partial charge in [-0.05, 0) is 42.7 Å². The first kappa shape index (κ1) is 14.6. The lowest BCUT2D eigenvalue weighted by molar-refractivity contribution is -0.0244. The molecule has 0 bridgehead atoms. The maximum absolute atomic E-state index is 10.7. The maximum atomic E-state index is 10.7. The lowest BCUT2D eigenvalue weighted by atomic mass is 9.71. The first-order chi connectivity index (χ1) is 9.98. The van der Waals surface area contributed by atoms with Gasteiger partial charge in [-0.25, -0.2) is 0 Å². The molecule has 114 valence electrons. The number of benzene rings is 1. The average molecular weight is 286 g/mol. The molecule has 0 aliphatic heterocycles. The predicted molar refractivity (Wildman–Crippen MR) is 87.2 cm³/mol. The summed E-state index contributed by atoms with van der Waals surface area (Å²) in [7, 11) is 0. The van der Waals surface area contributed by atoms with E-state index < -0.39 is 5.60 Å². The van der Waals surface area contributed by atoms with Gasteiger partial charge in [-0.1, -0.05) is 32.0 Å². The Morgan fingerprint density at radius 2 is 1.86 bits per heavy atom. The molecule has 0 saturated heterocycles. The second kappa shape index (κ2) is 5.47. The number of aliphatic hydroxyl groups is 1. The molecule has 3 nitrogen and oxygen atoms in total. The van der Waals surface area contributed by atoms with Crippen molar-refractivity contribution < 1.29 is 5.11 Å². The first-order valence-corrected chi connectivity index (χ1v) is 7.96. The minimum atomic E-state index is -0.526. The summed E-state index contributed by atoms with van der Waals surface area (Å²) < 4.78 is 0. The zero-order valence-electron chi connectivity index (χ0n) is 13.1. The summed E-state index contributed by atoms with van der Waals surface area (Å²) in [6.45, 7) is 6.08. The molecule has 0 spiro atoms. The SMILES string of the molecule is CC1(C)CCC(O)(CNCc2c[nH]c3ccccc23)CC1. The molecule has 1 aliphatic rings. The van der Waals surface area contributed by atoms with E-state index >= 15 is 0 Å².